The lowest BCUT2D eigenvalue weighted by molar-refractivity contribution is 0.0359. The first-order valence-corrected chi connectivity index (χ1v) is 14.3. The number of benzene rings is 3. The highest BCUT2D eigenvalue weighted by Gasteiger charge is 2.37. The number of carbonyl (C=O) groups is 1. The van der Waals surface area contributed by atoms with Crippen LogP contribution in [0.25, 0.3) is 11.0 Å². The zero-order valence-electron chi connectivity index (χ0n) is 22.8. The molecule has 1 amide bonds. The molecule has 1 fully saturated rings. The number of likely N-dealkylation sites (tertiary alicyclic amines) is 1. The van der Waals surface area contributed by atoms with Crippen molar-refractivity contribution in [1.29, 1.82) is 0 Å². The van der Waals surface area contributed by atoms with E-state index < -0.39 is 0 Å². The number of aryl methyl sites for hydroxylation is 1. The minimum atomic E-state index is -0.168. The first-order chi connectivity index (χ1) is 19.6. The van der Waals surface area contributed by atoms with E-state index in [4.69, 9.17) is 4.74 Å². The second-order valence-corrected chi connectivity index (χ2v) is 11.3. The highest BCUT2D eigenvalue weighted by Crippen LogP contribution is 2.39. The molecule has 2 aliphatic heterocycles. The molecule has 4 aromatic rings. The van der Waals surface area contributed by atoms with E-state index in [-0.39, 0.29) is 17.1 Å². The van der Waals surface area contributed by atoms with Crippen molar-refractivity contribution in [2.24, 2.45) is 5.41 Å². The van der Waals surface area contributed by atoms with Gasteiger partial charge in [-0.05, 0) is 73.4 Å². The maximum Gasteiger partial charge on any atom is 0.253 e. The Bertz CT molecular complexity index is 1460. The molecule has 1 spiro atoms. The number of para-hydroxylation sites is 1. The molecule has 0 unspecified atom stereocenters. The van der Waals surface area contributed by atoms with Gasteiger partial charge in [0.2, 0.25) is 0 Å². The maximum absolute atomic E-state index is 14.7. The van der Waals surface area contributed by atoms with Crippen molar-refractivity contribution in [2.75, 3.05) is 32.8 Å². The molecule has 7 nitrogen and oxygen atoms in total. The van der Waals surface area contributed by atoms with Crippen molar-refractivity contribution in [3.05, 3.63) is 89.2 Å². The first kappa shape index (κ1) is 26.4. The molecular weight excluding hydrogens is 505 g/mol. The Hall–Kier alpha value is -3.78. The molecule has 0 aliphatic carbocycles. The van der Waals surface area contributed by atoms with Crippen molar-refractivity contribution >= 4 is 16.9 Å². The van der Waals surface area contributed by atoms with E-state index in [1.807, 2.05) is 41.3 Å². The summed E-state index contributed by atoms with van der Waals surface area (Å²) in [6.07, 6.45) is 6.15. The van der Waals surface area contributed by atoms with E-state index in [9.17, 15) is 9.18 Å². The lowest BCUT2D eigenvalue weighted by Gasteiger charge is -2.45. The van der Waals surface area contributed by atoms with Crippen LogP contribution in [0, 0.1) is 11.2 Å². The number of piperidine rings is 1. The smallest absolute Gasteiger partial charge is 0.253 e. The molecule has 0 saturated carbocycles. The van der Waals surface area contributed by atoms with Crippen LogP contribution < -0.4 is 4.74 Å². The number of hydrogen-bond acceptors (Lipinski definition) is 5. The fourth-order valence-electron chi connectivity index (χ4n) is 6.33. The molecule has 1 aromatic heterocycles. The van der Waals surface area contributed by atoms with Gasteiger partial charge in [0.15, 0.2) is 0 Å². The fraction of sp³-hybridized carbons (Fsp3) is 0.406. The molecule has 3 aromatic carbocycles. The SMILES string of the molecule is O=C(c1ccc2n[nH]nc2c1)N1CCC2(CCCCc3ccccc3OCCN(Cc3ccccc3F)C2)CC1. The molecule has 0 atom stereocenters. The Kier molecular flexibility index (Phi) is 7.77. The summed E-state index contributed by atoms with van der Waals surface area (Å²) < 4.78 is 20.9. The lowest BCUT2D eigenvalue weighted by Crippen LogP contribution is -2.48. The number of aromatic amines is 1. The minimum Gasteiger partial charge on any atom is -0.492 e. The van der Waals surface area contributed by atoms with Crippen LogP contribution >= 0.6 is 0 Å². The van der Waals surface area contributed by atoms with E-state index in [2.05, 4.69) is 38.5 Å². The standard InChI is InChI=1S/C32H36FN5O2/c33-27-10-3-1-9-26(27)22-37-19-20-40-30-11-4-2-7-24(30)8-5-6-14-32(23-37)15-17-38(18-16-32)31(39)25-12-13-28-29(21-25)35-36-34-28/h1-4,7,9-13,21H,5-6,8,14-20,22-23H2,(H,34,35,36). The maximum atomic E-state index is 14.7. The van der Waals surface area contributed by atoms with E-state index in [0.717, 1.165) is 56.3 Å². The van der Waals surface area contributed by atoms with Crippen molar-refractivity contribution in [2.45, 2.75) is 45.1 Å². The van der Waals surface area contributed by atoms with E-state index >= 15 is 0 Å². The zero-order valence-corrected chi connectivity index (χ0v) is 22.8. The highest BCUT2D eigenvalue weighted by molar-refractivity contribution is 5.97. The number of amides is 1. The van der Waals surface area contributed by atoms with Gasteiger partial charge < -0.3 is 9.64 Å². The third kappa shape index (κ3) is 5.87. The number of ether oxygens (including phenoxy) is 1. The van der Waals surface area contributed by atoms with Crippen LogP contribution in [-0.2, 0) is 13.0 Å². The van der Waals surface area contributed by atoms with Crippen molar-refractivity contribution in [3.63, 3.8) is 0 Å². The van der Waals surface area contributed by atoms with Crippen LogP contribution in [0.1, 0.15) is 53.6 Å². The molecule has 8 heteroatoms. The fourth-order valence-corrected chi connectivity index (χ4v) is 6.33. The second-order valence-electron chi connectivity index (χ2n) is 11.3. The third-order valence-electron chi connectivity index (χ3n) is 8.63. The van der Waals surface area contributed by atoms with Gasteiger partial charge in [-0.25, -0.2) is 4.39 Å². The summed E-state index contributed by atoms with van der Waals surface area (Å²) in [6.45, 7) is 4.09. The Morgan fingerprint density at radius 3 is 2.60 bits per heavy atom. The van der Waals surface area contributed by atoms with Crippen molar-refractivity contribution in [1.82, 2.24) is 25.2 Å². The number of halogens is 1. The summed E-state index contributed by atoms with van der Waals surface area (Å²) in [5.41, 5.74) is 4.13. The molecule has 1 N–H and O–H groups in total. The monoisotopic (exact) mass is 541 g/mol. The molecule has 40 heavy (non-hydrogen) atoms. The van der Waals surface area contributed by atoms with Crippen LogP contribution in [0.3, 0.4) is 0 Å². The summed E-state index contributed by atoms with van der Waals surface area (Å²) in [5, 5.41) is 10.8. The van der Waals surface area contributed by atoms with Gasteiger partial charge in [0, 0.05) is 43.9 Å². The number of nitrogens with one attached hydrogen (secondary N) is 1. The van der Waals surface area contributed by atoms with Gasteiger partial charge in [-0.2, -0.15) is 15.4 Å². The molecular formula is C32H36FN5O2. The van der Waals surface area contributed by atoms with Crippen molar-refractivity contribution in [3.8, 4) is 5.75 Å². The van der Waals surface area contributed by atoms with Gasteiger partial charge in [-0.3, -0.25) is 9.69 Å². The van der Waals surface area contributed by atoms with Crippen LogP contribution in [0.4, 0.5) is 4.39 Å². The predicted octanol–water partition coefficient (Wildman–Crippen LogP) is 5.63. The Labute approximate surface area is 234 Å². The van der Waals surface area contributed by atoms with Gasteiger partial charge >= 0.3 is 0 Å². The van der Waals surface area contributed by atoms with E-state index in [1.165, 1.54) is 11.6 Å². The predicted molar refractivity (Wildman–Crippen MR) is 153 cm³/mol. The van der Waals surface area contributed by atoms with Crippen LogP contribution in [0.15, 0.2) is 66.7 Å². The van der Waals surface area contributed by atoms with Gasteiger partial charge in [0.05, 0.1) is 0 Å². The number of hydrogen-bond donors (Lipinski definition) is 1. The van der Waals surface area contributed by atoms with Gasteiger partial charge in [0.25, 0.3) is 5.91 Å². The van der Waals surface area contributed by atoms with E-state index in [0.29, 0.717) is 49.4 Å². The normalized spacial score (nSPS) is 18.5. The zero-order chi connectivity index (χ0) is 27.4. The molecule has 3 heterocycles. The van der Waals surface area contributed by atoms with Gasteiger partial charge in [-0.15, -0.1) is 0 Å². The Morgan fingerprint density at radius 2 is 1.73 bits per heavy atom. The average Bonchev–Trinajstić information content (AvgIpc) is 3.45. The second kappa shape index (κ2) is 11.8. The Morgan fingerprint density at radius 1 is 0.925 bits per heavy atom. The van der Waals surface area contributed by atoms with Crippen LogP contribution in [-0.4, -0.2) is 63.9 Å². The lowest BCUT2D eigenvalue weighted by atomic mass is 9.73. The summed E-state index contributed by atoms with van der Waals surface area (Å²) in [4.78, 5) is 17.7. The molecule has 208 valence electrons. The summed E-state index contributed by atoms with van der Waals surface area (Å²) >= 11 is 0. The van der Waals surface area contributed by atoms with Crippen LogP contribution in [0.2, 0.25) is 0 Å². The minimum absolute atomic E-state index is 0.0427. The topological polar surface area (TPSA) is 74.3 Å². The number of rotatable bonds is 3. The van der Waals surface area contributed by atoms with Gasteiger partial charge in [-0.1, -0.05) is 42.8 Å². The number of carbonyl (C=O) groups excluding carboxylic acids is 1. The van der Waals surface area contributed by atoms with Crippen LogP contribution in [0.5, 0.6) is 5.75 Å². The number of aromatic nitrogens is 3. The quantitative estimate of drug-likeness (QED) is 0.364. The number of nitrogens with zero attached hydrogens (tertiary/aromatic N) is 4. The summed E-state index contributed by atoms with van der Waals surface area (Å²) in [7, 11) is 0. The average molecular weight is 542 g/mol. The number of H-pyrrole nitrogens is 1. The molecule has 1 saturated heterocycles. The van der Waals surface area contributed by atoms with E-state index in [1.54, 1.807) is 6.07 Å². The highest BCUT2D eigenvalue weighted by atomic mass is 19.1. The third-order valence-corrected chi connectivity index (χ3v) is 8.63. The summed E-state index contributed by atoms with van der Waals surface area (Å²) in [5.74, 6) is 0.832. The summed E-state index contributed by atoms with van der Waals surface area (Å²) in [6, 6.07) is 20.9. The number of fused-ring (bicyclic) bond motifs is 2. The Balaban J connectivity index is 1.20. The molecule has 0 radical (unpaired) electrons. The largest absolute Gasteiger partial charge is 0.492 e. The van der Waals surface area contributed by atoms with Crippen molar-refractivity contribution < 1.29 is 13.9 Å². The molecule has 2 aliphatic rings. The first-order valence-electron chi connectivity index (χ1n) is 14.3. The molecule has 6 rings (SSSR count). The van der Waals surface area contributed by atoms with Gasteiger partial charge in [0.1, 0.15) is 29.2 Å². The molecule has 0 bridgehead atoms.